The van der Waals surface area contributed by atoms with Gasteiger partial charge in [0.05, 0.1) is 11.0 Å². The third-order valence-electron chi connectivity index (χ3n) is 3.34. The fourth-order valence-electron chi connectivity index (χ4n) is 1.45. The van der Waals surface area contributed by atoms with Gasteiger partial charge in [-0.25, -0.2) is 4.39 Å². The van der Waals surface area contributed by atoms with Gasteiger partial charge < -0.3 is 10.2 Å². The van der Waals surface area contributed by atoms with Gasteiger partial charge in [0.15, 0.2) is 0 Å². The largest absolute Gasteiger partial charge is 0.481 e. The second kappa shape index (κ2) is 4.45. The van der Waals surface area contributed by atoms with Gasteiger partial charge in [-0.1, -0.05) is 12.1 Å². The van der Waals surface area contributed by atoms with Gasteiger partial charge in [-0.05, 0) is 38.5 Å². The van der Waals surface area contributed by atoms with Crippen molar-refractivity contribution in [2.24, 2.45) is 5.41 Å². The molecule has 2 N–H and O–H groups in total. The summed E-state index contributed by atoms with van der Waals surface area (Å²) in [6, 6.07) is 5.67. The van der Waals surface area contributed by atoms with E-state index in [2.05, 4.69) is 0 Å². The fraction of sp³-hybridized carbons (Fsp3) is 0.462. The van der Waals surface area contributed by atoms with E-state index in [9.17, 15) is 14.3 Å². The van der Waals surface area contributed by atoms with Gasteiger partial charge in [-0.3, -0.25) is 4.79 Å². The van der Waals surface area contributed by atoms with Crippen LogP contribution in [0.2, 0.25) is 0 Å². The van der Waals surface area contributed by atoms with E-state index in [4.69, 9.17) is 5.11 Å². The maximum atomic E-state index is 12.7. The van der Waals surface area contributed by atoms with Crippen LogP contribution in [0.1, 0.15) is 26.3 Å². The SMILES string of the molecule is CC(O)(Cc1ccc(F)cc1)C(C)(C)C(=O)O. The zero-order chi connectivity index (χ0) is 13.3. The van der Waals surface area contributed by atoms with Gasteiger partial charge in [0.25, 0.3) is 0 Å². The maximum Gasteiger partial charge on any atom is 0.312 e. The lowest BCUT2D eigenvalue weighted by Gasteiger charge is -2.36. The van der Waals surface area contributed by atoms with E-state index in [0.29, 0.717) is 5.56 Å². The highest BCUT2D eigenvalue weighted by molar-refractivity contribution is 5.75. The molecule has 0 saturated carbocycles. The lowest BCUT2D eigenvalue weighted by Crippen LogP contribution is -2.48. The molecule has 4 heteroatoms. The molecule has 1 aromatic carbocycles. The molecular formula is C13H17FO3. The summed E-state index contributed by atoms with van der Waals surface area (Å²) in [6.45, 7) is 4.42. The van der Waals surface area contributed by atoms with E-state index in [1.54, 1.807) is 12.1 Å². The predicted octanol–water partition coefficient (Wildman–Crippen LogP) is 2.23. The third kappa shape index (κ3) is 2.82. The van der Waals surface area contributed by atoms with Crippen LogP contribution in [0.4, 0.5) is 4.39 Å². The number of aliphatic hydroxyl groups is 1. The minimum absolute atomic E-state index is 0.159. The summed E-state index contributed by atoms with van der Waals surface area (Å²) in [6.07, 6.45) is 0.159. The van der Waals surface area contributed by atoms with Crippen molar-refractivity contribution in [3.63, 3.8) is 0 Å². The highest BCUT2D eigenvalue weighted by atomic mass is 19.1. The number of rotatable bonds is 4. The highest BCUT2D eigenvalue weighted by Gasteiger charge is 2.45. The Bertz CT molecular complexity index is 407. The van der Waals surface area contributed by atoms with Crippen molar-refractivity contribution in [1.29, 1.82) is 0 Å². The van der Waals surface area contributed by atoms with Gasteiger partial charge in [0.1, 0.15) is 5.82 Å². The molecule has 0 amide bonds. The molecule has 0 aliphatic rings. The standard InChI is InChI=1S/C13H17FO3/c1-12(2,11(15)16)13(3,17)8-9-4-6-10(14)7-5-9/h4-7,17H,8H2,1-3H3,(H,15,16). The summed E-state index contributed by atoms with van der Waals surface area (Å²) < 4.78 is 12.7. The van der Waals surface area contributed by atoms with Crippen LogP contribution in [-0.2, 0) is 11.2 Å². The van der Waals surface area contributed by atoms with Crippen LogP contribution in [0.3, 0.4) is 0 Å². The van der Waals surface area contributed by atoms with Gasteiger partial charge in [-0.2, -0.15) is 0 Å². The van der Waals surface area contributed by atoms with Crippen molar-refractivity contribution in [3.05, 3.63) is 35.6 Å². The van der Waals surface area contributed by atoms with Gasteiger partial charge in [-0.15, -0.1) is 0 Å². The van der Waals surface area contributed by atoms with Crippen molar-refractivity contribution < 1.29 is 19.4 Å². The van der Waals surface area contributed by atoms with E-state index in [1.807, 2.05) is 0 Å². The molecule has 1 unspecified atom stereocenters. The molecule has 1 atom stereocenters. The Labute approximate surface area is 99.9 Å². The topological polar surface area (TPSA) is 57.5 Å². The van der Waals surface area contributed by atoms with E-state index >= 15 is 0 Å². The first kappa shape index (κ1) is 13.6. The second-order valence-electron chi connectivity index (χ2n) is 5.01. The summed E-state index contributed by atoms with van der Waals surface area (Å²) in [5, 5.41) is 19.3. The van der Waals surface area contributed by atoms with Crippen LogP contribution in [0.15, 0.2) is 24.3 Å². The normalized spacial score (nSPS) is 15.4. The second-order valence-corrected chi connectivity index (χ2v) is 5.01. The number of carboxylic acids is 1. The van der Waals surface area contributed by atoms with Crippen LogP contribution < -0.4 is 0 Å². The van der Waals surface area contributed by atoms with Gasteiger partial charge in [0.2, 0.25) is 0 Å². The number of hydrogen-bond acceptors (Lipinski definition) is 2. The molecule has 0 aromatic heterocycles. The minimum Gasteiger partial charge on any atom is -0.481 e. The van der Waals surface area contributed by atoms with Crippen molar-refractivity contribution >= 4 is 5.97 Å². The summed E-state index contributed by atoms with van der Waals surface area (Å²) >= 11 is 0. The molecule has 0 saturated heterocycles. The summed E-state index contributed by atoms with van der Waals surface area (Å²) in [4.78, 5) is 11.1. The minimum atomic E-state index is -1.41. The molecule has 0 heterocycles. The van der Waals surface area contributed by atoms with Crippen LogP contribution in [0.25, 0.3) is 0 Å². The molecule has 0 bridgehead atoms. The molecule has 94 valence electrons. The molecular weight excluding hydrogens is 223 g/mol. The number of aliphatic carboxylic acids is 1. The molecule has 0 radical (unpaired) electrons. The Kier molecular flexibility index (Phi) is 3.57. The summed E-state index contributed by atoms with van der Waals surface area (Å²) in [7, 11) is 0. The number of carbonyl (C=O) groups is 1. The van der Waals surface area contributed by atoms with E-state index in [0.717, 1.165) is 0 Å². The average molecular weight is 240 g/mol. The van der Waals surface area contributed by atoms with E-state index in [-0.39, 0.29) is 12.2 Å². The average Bonchev–Trinajstić information content (AvgIpc) is 2.20. The Balaban J connectivity index is 2.93. The molecule has 17 heavy (non-hydrogen) atoms. The lowest BCUT2D eigenvalue weighted by molar-refractivity contribution is -0.162. The van der Waals surface area contributed by atoms with Crippen molar-refractivity contribution in [2.75, 3.05) is 0 Å². The summed E-state index contributed by atoms with van der Waals surface area (Å²) in [5.74, 6) is -1.42. The third-order valence-corrected chi connectivity index (χ3v) is 3.34. The zero-order valence-electron chi connectivity index (χ0n) is 10.2. The molecule has 0 aliphatic heterocycles. The van der Waals surface area contributed by atoms with Crippen LogP contribution in [0, 0.1) is 11.2 Å². The first-order valence-corrected chi connectivity index (χ1v) is 5.37. The van der Waals surface area contributed by atoms with Gasteiger partial charge in [0, 0.05) is 6.42 Å². The summed E-state index contributed by atoms with van der Waals surface area (Å²) in [5.41, 5.74) is -1.98. The smallest absolute Gasteiger partial charge is 0.312 e. The molecule has 1 aromatic rings. The number of halogens is 1. The fourth-order valence-corrected chi connectivity index (χ4v) is 1.45. The van der Waals surface area contributed by atoms with Crippen molar-refractivity contribution in [2.45, 2.75) is 32.8 Å². The first-order chi connectivity index (χ1) is 7.67. The number of carboxylic acid groups (broad SMARTS) is 1. The monoisotopic (exact) mass is 240 g/mol. The quantitative estimate of drug-likeness (QED) is 0.848. The van der Waals surface area contributed by atoms with Gasteiger partial charge >= 0.3 is 5.97 Å². The number of benzene rings is 1. The Morgan fingerprint density at radius 3 is 2.12 bits per heavy atom. The van der Waals surface area contributed by atoms with Crippen LogP contribution in [-0.4, -0.2) is 21.8 Å². The lowest BCUT2D eigenvalue weighted by atomic mass is 9.73. The maximum absolute atomic E-state index is 12.7. The van der Waals surface area contributed by atoms with Crippen molar-refractivity contribution in [1.82, 2.24) is 0 Å². The number of hydrogen-bond donors (Lipinski definition) is 2. The molecule has 1 rings (SSSR count). The molecule has 0 aliphatic carbocycles. The highest BCUT2D eigenvalue weighted by Crippen LogP contribution is 2.33. The Hall–Kier alpha value is -1.42. The molecule has 0 spiro atoms. The molecule has 3 nitrogen and oxygen atoms in total. The van der Waals surface area contributed by atoms with E-state index in [1.165, 1.54) is 32.9 Å². The molecule has 0 fully saturated rings. The Morgan fingerprint density at radius 2 is 1.71 bits per heavy atom. The first-order valence-electron chi connectivity index (χ1n) is 5.37. The van der Waals surface area contributed by atoms with Crippen LogP contribution in [0.5, 0.6) is 0 Å². The van der Waals surface area contributed by atoms with Crippen molar-refractivity contribution in [3.8, 4) is 0 Å². The Morgan fingerprint density at radius 1 is 1.24 bits per heavy atom. The zero-order valence-corrected chi connectivity index (χ0v) is 10.2. The predicted molar refractivity (Wildman–Crippen MR) is 62.1 cm³/mol. The van der Waals surface area contributed by atoms with E-state index < -0.39 is 17.0 Å². The van der Waals surface area contributed by atoms with Crippen LogP contribution >= 0.6 is 0 Å².